The average Bonchev–Trinajstić information content (AvgIpc) is 3.03. The van der Waals surface area contributed by atoms with E-state index >= 15 is 0 Å². The molecule has 7 nitrogen and oxygen atoms in total. The van der Waals surface area contributed by atoms with Crippen LogP contribution in [0.4, 0.5) is 21.3 Å². The third kappa shape index (κ3) is 5.32. The van der Waals surface area contributed by atoms with Crippen molar-refractivity contribution in [2.45, 2.75) is 20.8 Å². The Bertz CT molecular complexity index is 1030. The maximum atomic E-state index is 12.7. The lowest BCUT2D eigenvalue weighted by molar-refractivity contribution is 0.102. The SMILES string of the molecule is CCOc1ccccc1NC(=O)c1sc(NC(=O)Nc2cccc(C)c2)nc1C. The second kappa shape index (κ2) is 9.20. The Balaban J connectivity index is 1.68. The summed E-state index contributed by atoms with van der Waals surface area (Å²) in [4.78, 5) is 29.6. The quantitative estimate of drug-likeness (QED) is 0.530. The number of nitrogens with one attached hydrogen (secondary N) is 3. The predicted octanol–water partition coefficient (Wildman–Crippen LogP) is 5.05. The highest BCUT2D eigenvalue weighted by Crippen LogP contribution is 2.27. The number of hydrogen-bond donors (Lipinski definition) is 3. The zero-order valence-electron chi connectivity index (χ0n) is 16.4. The van der Waals surface area contributed by atoms with Gasteiger partial charge in [0, 0.05) is 5.69 Å². The van der Waals surface area contributed by atoms with Crippen LogP contribution in [-0.4, -0.2) is 23.5 Å². The van der Waals surface area contributed by atoms with Crippen LogP contribution in [0.2, 0.25) is 0 Å². The number of aryl methyl sites for hydroxylation is 2. The van der Waals surface area contributed by atoms with E-state index in [-0.39, 0.29) is 5.91 Å². The van der Waals surface area contributed by atoms with E-state index in [1.54, 1.807) is 25.1 Å². The summed E-state index contributed by atoms with van der Waals surface area (Å²) < 4.78 is 5.53. The maximum Gasteiger partial charge on any atom is 0.325 e. The standard InChI is InChI=1S/C21H22N4O3S/c1-4-28-17-11-6-5-10-16(17)24-19(26)18-14(3)22-21(29-18)25-20(27)23-15-9-7-8-13(2)12-15/h5-12H,4H2,1-3H3,(H,24,26)(H2,22,23,25,27). The lowest BCUT2D eigenvalue weighted by atomic mass is 10.2. The zero-order valence-corrected chi connectivity index (χ0v) is 17.2. The molecular weight excluding hydrogens is 388 g/mol. The van der Waals surface area contributed by atoms with Crippen molar-refractivity contribution in [2.24, 2.45) is 0 Å². The Kier molecular flexibility index (Phi) is 6.46. The third-order valence-corrected chi connectivity index (χ3v) is 5.01. The number of rotatable bonds is 6. The molecule has 0 spiro atoms. The van der Waals surface area contributed by atoms with Gasteiger partial charge in [-0.05, 0) is 50.6 Å². The van der Waals surface area contributed by atoms with Crippen LogP contribution >= 0.6 is 11.3 Å². The molecule has 2 aromatic carbocycles. The number of ether oxygens (including phenoxy) is 1. The summed E-state index contributed by atoms with van der Waals surface area (Å²) in [6, 6.07) is 14.3. The molecule has 3 amide bonds. The summed E-state index contributed by atoms with van der Waals surface area (Å²) in [6.45, 7) is 6.05. The van der Waals surface area contributed by atoms with E-state index in [2.05, 4.69) is 20.9 Å². The Morgan fingerprint density at radius 1 is 1.03 bits per heavy atom. The first-order valence-corrected chi connectivity index (χ1v) is 9.93. The normalized spacial score (nSPS) is 10.3. The summed E-state index contributed by atoms with van der Waals surface area (Å²) in [6.07, 6.45) is 0. The summed E-state index contributed by atoms with van der Waals surface area (Å²) >= 11 is 1.11. The van der Waals surface area contributed by atoms with Crippen molar-refractivity contribution >= 4 is 39.8 Å². The van der Waals surface area contributed by atoms with Gasteiger partial charge in [-0.3, -0.25) is 10.1 Å². The van der Waals surface area contributed by atoms with Gasteiger partial charge in [0.25, 0.3) is 5.91 Å². The molecule has 3 rings (SSSR count). The third-order valence-electron chi connectivity index (χ3n) is 3.93. The van der Waals surface area contributed by atoms with E-state index in [0.29, 0.717) is 39.4 Å². The van der Waals surface area contributed by atoms with Gasteiger partial charge in [-0.15, -0.1) is 0 Å². The highest BCUT2D eigenvalue weighted by molar-refractivity contribution is 7.17. The number of para-hydroxylation sites is 2. The van der Waals surface area contributed by atoms with E-state index in [0.717, 1.165) is 16.9 Å². The second-order valence-electron chi connectivity index (χ2n) is 6.27. The minimum atomic E-state index is -0.419. The Morgan fingerprint density at radius 2 is 1.83 bits per heavy atom. The van der Waals surface area contributed by atoms with Gasteiger partial charge in [0.15, 0.2) is 5.13 Å². The van der Waals surface area contributed by atoms with Crippen molar-refractivity contribution in [1.29, 1.82) is 0 Å². The smallest absolute Gasteiger partial charge is 0.325 e. The van der Waals surface area contributed by atoms with Gasteiger partial charge in [-0.25, -0.2) is 9.78 Å². The number of thiazole rings is 1. The number of amides is 3. The van der Waals surface area contributed by atoms with Crippen molar-refractivity contribution in [1.82, 2.24) is 4.98 Å². The lowest BCUT2D eigenvalue weighted by Gasteiger charge is -2.10. The number of nitrogens with zero attached hydrogens (tertiary/aromatic N) is 1. The van der Waals surface area contributed by atoms with Gasteiger partial charge in [-0.2, -0.15) is 0 Å². The molecule has 0 fully saturated rings. The molecule has 29 heavy (non-hydrogen) atoms. The molecule has 8 heteroatoms. The van der Waals surface area contributed by atoms with Crippen LogP contribution in [0.1, 0.15) is 27.9 Å². The lowest BCUT2D eigenvalue weighted by Crippen LogP contribution is -2.19. The van der Waals surface area contributed by atoms with Crippen LogP contribution in [0.15, 0.2) is 48.5 Å². The molecule has 3 aromatic rings. The van der Waals surface area contributed by atoms with E-state index < -0.39 is 6.03 Å². The minimum Gasteiger partial charge on any atom is -0.492 e. The van der Waals surface area contributed by atoms with Crippen LogP contribution in [0.25, 0.3) is 0 Å². The van der Waals surface area contributed by atoms with Crippen molar-refractivity contribution < 1.29 is 14.3 Å². The number of aromatic nitrogens is 1. The summed E-state index contributed by atoms with van der Waals surface area (Å²) in [5.41, 5.74) is 2.84. The van der Waals surface area contributed by atoms with Crippen LogP contribution in [0.5, 0.6) is 5.75 Å². The first kappa shape index (κ1) is 20.3. The number of anilines is 3. The highest BCUT2D eigenvalue weighted by atomic mass is 32.1. The molecule has 150 valence electrons. The number of hydrogen-bond acceptors (Lipinski definition) is 5. The van der Waals surface area contributed by atoms with Gasteiger partial charge in [0.1, 0.15) is 10.6 Å². The van der Waals surface area contributed by atoms with Gasteiger partial charge in [-0.1, -0.05) is 35.6 Å². The van der Waals surface area contributed by atoms with Gasteiger partial charge < -0.3 is 15.4 Å². The largest absolute Gasteiger partial charge is 0.492 e. The molecule has 0 saturated carbocycles. The first-order chi connectivity index (χ1) is 14.0. The minimum absolute atomic E-state index is 0.306. The summed E-state index contributed by atoms with van der Waals surface area (Å²) in [5, 5.41) is 8.61. The van der Waals surface area contributed by atoms with Crippen LogP contribution in [-0.2, 0) is 0 Å². The molecule has 0 saturated heterocycles. The number of carbonyl (C=O) groups is 2. The van der Waals surface area contributed by atoms with Gasteiger partial charge >= 0.3 is 6.03 Å². The molecule has 0 unspecified atom stereocenters. The topological polar surface area (TPSA) is 92.4 Å². The fourth-order valence-electron chi connectivity index (χ4n) is 2.67. The van der Waals surface area contributed by atoms with Crippen LogP contribution < -0.4 is 20.7 Å². The second-order valence-corrected chi connectivity index (χ2v) is 7.26. The van der Waals surface area contributed by atoms with E-state index in [1.807, 2.05) is 44.2 Å². The molecule has 0 atom stereocenters. The highest BCUT2D eigenvalue weighted by Gasteiger charge is 2.18. The molecule has 1 heterocycles. The first-order valence-electron chi connectivity index (χ1n) is 9.11. The van der Waals surface area contributed by atoms with E-state index in [1.165, 1.54) is 0 Å². The van der Waals surface area contributed by atoms with Crippen molar-refractivity contribution in [3.05, 3.63) is 64.7 Å². The monoisotopic (exact) mass is 410 g/mol. The van der Waals surface area contributed by atoms with E-state index in [4.69, 9.17) is 4.74 Å². The fourth-order valence-corrected chi connectivity index (χ4v) is 3.53. The van der Waals surface area contributed by atoms with Gasteiger partial charge in [0.2, 0.25) is 0 Å². The summed E-state index contributed by atoms with van der Waals surface area (Å²) in [7, 11) is 0. The number of carbonyl (C=O) groups excluding carboxylic acids is 2. The zero-order chi connectivity index (χ0) is 20.8. The number of urea groups is 1. The molecule has 1 aromatic heterocycles. The van der Waals surface area contributed by atoms with E-state index in [9.17, 15) is 9.59 Å². The average molecular weight is 410 g/mol. The molecule has 3 N–H and O–H groups in total. The van der Waals surface area contributed by atoms with Crippen LogP contribution in [0.3, 0.4) is 0 Å². The fraction of sp³-hybridized carbons (Fsp3) is 0.190. The molecule has 0 bridgehead atoms. The van der Waals surface area contributed by atoms with Gasteiger partial charge in [0.05, 0.1) is 18.0 Å². The molecule has 0 radical (unpaired) electrons. The molecule has 0 aliphatic carbocycles. The Labute approximate surface area is 173 Å². The van der Waals surface area contributed by atoms with Crippen molar-refractivity contribution in [3.8, 4) is 5.75 Å². The maximum absolute atomic E-state index is 12.7. The predicted molar refractivity (Wildman–Crippen MR) is 116 cm³/mol. The molecule has 0 aliphatic rings. The molecular formula is C21H22N4O3S. The van der Waals surface area contributed by atoms with Crippen molar-refractivity contribution in [2.75, 3.05) is 22.6 Å². The number of benzene rings is 2. The molecule has 0 aliphatic heterocycles. The Morgan fingerprint density at radius 3 is 2.59 bits per heavy atom. The van der Waals surface area contributed by atoms with Crippen molar-refractivity contribution in [3.63, 3.8) is 0 Å². The van der Waals surface area contributed by atoms with Crippen LogP contribution in [0, 0.1) is 13.8 Å². The Hall–Kier alpha value is -3.39. The summed E-state index contributed by atoms with van der Waals surface area (Å²) in [5.74, 6) is 0.292.